The number of nitrogens with zero attached hydrogens (tertiary/aromatic N) is 2. The summed E-state index contributed by atoms with van der Waals surface area (Å²) in [4.78, 5) is 16.2. The second-order valence-corrected chi connectivity index (χ2v) is 5.92. The summed E-state index contributed by atoms with van der Waals surface area (Å²) in [7, 11) is 0. The van der Waals surface area contributed by atoms with E-state index in [-0.39, 0.29) is 18.1 Å². The molecule has 5 nitrogen and oxygen atoms in total. The number of halogens is 2. The van der Waals surface area contributed by atoms with Crippen LogP contribution in [0.3, 0.4) is 0 Å². The van der Waals surface area contributed by atoms with E-state index in [9.17, 15) is 4.79 Å². The number of carbonyl (C=O) groups is 1. The number of anilines is 1. The number of nitrogen functional groups attached to an aromatic ring is 1. The van der Waals surface area contributed by atoms with Crippen molar-refractivity contribution in [2.24, 2.45) is 0 Å². The minimum Gasteiger partial charge on any atom is -0.461 e. The van der Waals surface area contributed by atoms with Crippen LogP contribution in [0, 0.1) is 3.57 Å². The molecule has 1 heterocycles. The molecule has 0 aliphatic rings. The van der Waals surface area contributed by atoms with Gasteiger partial charge in [-0.1, -0.05) is 18.5 Å². The van der Waals surface area contributed by atoms with E-state index in [0.29, 0.717) is 23.0 Å². The van der Waals surface area contributed by atoms with Gasteiger partial charge in [0.2, 0.25) is 0 Å². The van der Waals surface area contributed by atoms with Crippen molar-refractivity contribution in [1.82, 2.24) is 9.55 Å². The maximum absolute atomic E-state index is 11.9. The number of aryl methyl sites for hydroxylation is 1. The number of aromatic nitrogens is 2. The highest BCUT2D eigenvalue weighted by atomic mass is 127. The van der Waals surface area contributed by atoms with Crippen LogP contribution >= 0.6 is 34.2 Å². The van der Waals surface area contributed by atoms with Crippen molar-refractivity contribution < 1.29 is 9.53 Å². The average molecular weight is 420 g/mol. The first-order valence-corrected chi connectivity index (χ1v) is 7.94. The molecule has 0 aliphatic heterocycles. The van der Waals surface area contributed by atoms with Crippen LogP contribution in [0.15, 0.2) is 18.2 Å². The monoisotopic (exact) mass is 419 g/mol. The number of carbonyl (C=O) groups excluding carboxylic acids is 1. The van der Waals surface area contributed by atoms with Crippen LogP contribution in [-0.4, -0.2) is 22.1 Å². The Hall–Kier alpha value is -1.28. The van der Waals surface area contributed by atoms with Crippen LogP contribution in [0.2, 0.25) is 5.02 Å². The minimum absolute atomic E-state index is 0.128. The molecule has 2 rings (SSSR count). The predicted octanol–water partition coefficient (Wildman–Crippen LogP) is 3.45. The Labute approximate surface area is 141 Å². The van der Waals surface area contributed by atoms with E-state index in [1.54, 1.807) is 11.5 Å². The zero-order valence-corrected chi connectivity index (χ0v) is 14.6. The van der Waals surface area contributed by atoms with Gasteiger partial charge in [-0.25, -0.2) is 9.78 Å². The summed E-state index contributed by atoms with van der Waals surface area (Å²) >= 11 is 8.47. The first-order chi connectivity index (χ1) is 9.99. The molecule has 2 N–H and O–H groups in total. The zero-order valence-electron chi connectivity index (χ0n) is 11.7. The molecule has 0 spiro atoms. The SMILES string of the molecule is CCOC(=O)c1nc(CC)n(-c2ccc(I)cc2Cl)c1N. The van der Waals surface area contributed by atoms with Gasteiger partial charge in [-0.3, -0.25) is 4.57 Å². The Morgan fingerprint density at radius 3 is 2.76 bits per heavy atom. The van der Waals surface area contributed by atoms with E-state index in [2.05, 4.69) is 27.6 Å². The molecule has 1 aromatic heterocycles. The standard InChI is InChI=1S/C14H15ClIN3O2/c1-3-11-18-12(14(20)21-4-2)13(17)19(11)10-6-5-8(16)7-9(10)15/h5-7H,3-4,17H2,1-2H3. The topological polar surface area (TPSA) is 70.1 Å². The number of hydrogen-bond donors (Lipinski definition) is 1. The summed E-state index contributed by atoms with van der Waals surface area (Å²) in [5.74, 6) is 0.386. The molecule has 0 aliphatic carbocycles. The van der Waals surface area contributed by atoms with Gasteiger partial charge in [0.1, 0.15) is 11.6 Å². The summed E-state index contributed by atoms with van der Waals surface area (Å²) in [5.41, 5.74) is 6.92. The normalized spacial score (nSPS) is 10.7. The largest absolute Gasteiger partial charge is 0.461 e. The van der Waals surface area contributed by atoms with Crippen molar-refractivity contribution in [3.8, 4) is 5.69 Å². The molecule has 0 radical (unpaired) electrons. The van der Waals surface area contributed by atoms with Gasteiger partial charge < -0.3 is 10.5 Å². The lowest BCUT2D eigenvalue weighted by Crippen LogP contribution is -2.09. The molecule has 2 aromatic rings. The average Bonchev–Trinajstić information content (AvgIpc) is 2.76. The minimum atomic E-state index is -0.523. The van der Waals surface area contributed by atoms with Crippen molar-refractivity contribution in [3.05, 3.63) is 38.3 Å². The Bertz CT molecular complexity index is 685. The van der Waals surface area contributed by atoms with E-state index in [4.69, 9.17) is 22.1 Å². The van der Waals surface area contributed by atoms with Gasteiger partial charge in [0.05, 0.1) is 17.3 Å². The van der Waals surface area contributed by atoms with Gasteiger partial charge in [-0.15, -0.1) is 0 Å². The lowest BCUT2D eigenvalue weighted by Gasteiger charge is -2.11. The van der Waals surface area contributed by atoms with Crippen molar-refractivity contribution in [1.29, 1.82) is 0 Å². The van der Waals surface area contributed by atoms with Gasteiger partial charge >= 0.3 is 5.97 Å². The number of imidazole rings is 1. The fourth-order valence-electron chi connectivity index (χ4n) is 2.00. The Morgan fingerprint density at radius 1 is 1.48 bits per heavy atom. The van der Waals surface area contributed by atoms with Crippen LogP contribution in [0.5, 0.6) is 0 Å². The van der Waals surface area contributed by atoms with Gasteiger partial charge in [-0.05, 0) is 47.7 Å². The third-order valence-corrected chi connectivity index (χ3v) is 3.89. The van der Waals surface area contributed by atoms with Gasteiger partial charge in [0.15, 0.2) is 5.69 Å². The molecular formula is C14H15ClIN3O2. The molecule has 0 saturated heterocycles. The van der Waals surface area contributed by atoms with Crippen molar-refractivity contribution in [2.75, 3.05) is 12.3 Å². The molecule has 1 aromatic carbocycles. The molecule has 112 valence electrons. The number of ether oxygens (including phenoxy) is 1. The fourth-order valence-corrected chi connectivity index (χ4v) is 2.94. The number of hydrogen-bond acceptors (Lipinski definition) is 4. The molecule has 0 unspecified atom stereocenters. The molecule has 0 saturated carbocycles. The van der Waals surface area contributed by atoms with Crippen molar-refractivity contribution in [3.63, 3.8) is 0 Å². The molecule has 0 atom stereocenters. The van der Waals surface area contributed by atoms with E-state index in [1.165, 1.54) is 0 Å². The maximum atomic E-state index is 11.9. The van der Waals surface area contributed by atoms with Crippen LogP contribution in [0.1, 0.15) is 30.2 Å². The number of rotatable bonds is 4. The van der Waals surface area contributed by atoms with Crippen molar-refractivity contribution >= 4 is 46.0 Å². The van der Waals surface area contributed by atoms with Crippen molar-refractivity contribution in [2.45, 2.75) is 20.3 Å². The van der Waals surface area contributed by atoms with E-state index >= 15 is 0 Å². The Kier molecular flexibility index (Phi) is 5.10. The number of benzene rings is 1. The fraction of sp³-hybridized carbons (Fsp3) is 0.286. The molecular weight excluding hydrogens is 405 g/mol. The van der Waals surface area contributed by atoms with Crippen LogP contribution < -0.4 is 5.73 Å². The summed E-state index contributed by atoms with van der Waals surface area (Å²) < 4.78 is 7.69. The molecule has 0 amide bonds. The van der Waals surface area contributed by atoms with E-state index in [0.717, 1.165) is 3.57 Å². The van der Waals surface area contributed by atoms with Gasteiger partial charge in [0, 0.05) is 9.99 Å². The van der Waals surface area contributed by atoms with E-state index < -0.39 is 5.97 Å². The van der Waals surface area contributed by atoms with Crippen LogP contribution in [-0.2, 0) is 11.2 Å². The summed E-state index contributed by atoms with van der Waals surface area (Å²) in [6.45, 7) is 3.95. The maximum Gasteiger partial charge on any atom is 0.360 e. The molecule has 0 fully saturated rings. The smallest absolute Gasteiger partial charge is 0.360 e. The van der Waals surface area contributed by atoms with Crippen LogP contribution in [0.25, 0.3) is 5.69 Å². The quantitative estimate of drug-likeness (QED) is 0.609. The molecule has 0 bridgehead atoms. The predicted molar refractivity (Wildman–Crippen MR) is 91.0 cm³/mol. The third kappa shape index (κ3) is 3.16. The Balaban J connectivity index is 2.60. The first-order valence-electron chi connectivity index (χ1n) is 6.49. The van der Waals surface area contributed by atoms with Crippen LogP contribution in [0.4, 0.5) is 5.82 Å². The second-order valence-electron chi connectivity index (χ2n) is 4.27. The summed E-state index contributed by atoms with van der Waals surface area (Å²) in [6, 6.07) is 5.61. The lowest BCUT2D eigenvalue weighted by molar-refractivity contribution is 0.0521. The molecule has 21 heavy (non-hydrogen) atoms. The van der Waals surface area contributed by atoms with Gasteiger partial charge in [0.25, 0.3) is 0 Å². The first kappa shape index (κ1) is 16.1. The van der Waals surface area contributed by atoms with Gasteiger partial charge in [-0.2, -0.15) is 0 Å². The zero-order chi connectivity index (χ0) is 15.6. The third-order valence-electron chi connectivity index (χ3n) is 2.92. The molecule has 7 heteroatoms. The summed E-state index contributed by atoms with van der Waals surface area (Å²) in [6.07, 6.45) is 0.617. The Morgan fingerprint density at radius 2 is 2.19 bits per heavy atom. The lowest BCUT2D eigenvalue weighted by atomic mass is 10.3. The second kappa shape index (κ2) is 6.65. The highest BCUT2D eigenvalue weighted by molar-refractivity contribution is 14.1. The van der Waals surface area contributed by atoms with E-state index in [1.807, 2.05) is 25.1 Å². The number of esters is 1. The summed E-state index contributed by atoms with van der Waals surface area (Å²) in [5, 5.41) is 0.552. The number of nitrogens with two attached hydrogens (primary N) is 1. The highest BCUT2D eigenvalue weighted by Crippen LogP contribution is 2.28. The highest BCUT2D eigenvalue weighted by Gasteiger charge is 2.22.